The average molecular weight is 370 g/mol. The van der Waals surface area contributed by atoms with Crippen LogP contribution in [0.5, 0.6) is 11.5 Å². The van der Waals surface area contributed by atoms with E-state index in [1.165, 1.54) is 0 Å². The Morgan fingerprint density at radius 1 is 0.889 bits per heavy atom. The van der Waals surface area contributed by atoms with E-state index in [4.69, 9.17) is 9.47 Å². The highest BCUT2D eigenvalue weighted by molar-refractivity contribution is 5.94. The number of benzene rings is 2. The number of carbonyl (C=O) groups is 1. The number of rotatable bonds is 10. The van der Waals surface area contributed by atoms with Gasteiger partial charge in [-0.1, -0.05) is 39.8 Å². The molecule has 5 heteroatoms. The van der Waals surface area contributed by atoms with Crippen LogP contribution in [0.1, 0.15) is 27.7 Å². The number of para-hydroxylation sites is 2. The number of anilines is 2. The molecule has 0 aromatic heterocycles. The fourth-order valence-electron chi connectivity index (χ4n) is 2.27. The molecule has 0 saturated carbocycles. The van der Waals surface area contributed by atoms with E-state index in [-0.39, 0.29) is 12.5 Å². The van der Waals surface area contributed by atoms with Crippen LogP contribution in [-0.2, 0) is 4.79 Å². The fraction of sp³-hybridized carbons (Fsp3) is 0.409. The first kappa shape index (κ1) is 20.6. The molecule has 2 N–H and O–H groups in total. The van der Waals surface area contributed by atoms with Crippen LogP contribution >= 0.6 is 0 Å². The SMILES string of the molecule is CC(C)COc1ccc(NC(=O)CNc2ccccc2OCC(C)C)cc1. The van der Waals surface area contributed by atoms with Gasteiger partial charge in [0.15, 0.2) is 0 Å². The third-order valence-corrected chi connectivity index (χ3v) is 3.62. The Kier molecular flexibility index (Phi) is 7.99. The minimum Gasteiger partial charge on any atom is -0.493 e. The van der Waals surface area contributed by atoms with E-state index in [0.29, 0.717) is 25.0 Å². The summed E-state index contributed by atoms with van der Waals surface area (Å²) in [6.45, 7) is 9.88. The molecule has 0 radical (unpaired) electrons. The maximum absolute atomic E-state index is 12.2. The van der Waals surface area contributed by atoms with Crippen molar-refractivity contribution < 1.29 is 14.3 Å². The van der Waals surface area contributed by atoms with Gasteiger partial charge >= 0.3 is 0 Å². The quantitative estimate of drug-likeness (QED) is 0.630. The lowest BCUT2D eigenvalue weighted by atomic mass is 10.2. The summed E-state index contributed by atoms with van der Waals surface area (Å²) in [4.78, 5) is 12.2. The summed E-state index contributed by atoms with van der Waals surface area (Å²) in [5, 5.41) is 6.02. The molecule has 0 aliphatic rings. The molecule has 146 valence electrons. The maximum atomic E-state index is 12.2. The van der Waals surface area contributed by atoms with Gasteiger partial charge in [-0.15, -0.1) is 0 Å². The summed E-state index contributed by atoms with van der Waals surface area (Å²) in [7, 11) is 0. The first-order valence-corrected chi connectivity index (χ1v) is 9.42. The van der Waals surface area contributed by atoms with Crippen molar-refractivity contribution in [3.8, 4) is 11.5 Å². The summed E-state index contributed by atoms with van der Waals surface area (Å²) in [5.41, 5.74) is 1.55. The number of ether oxygens (including phenoxy) is 2. The monoisotopic (exact) mass is 370 g/mol. The van der Waals surface area contributed by atoms with E-state index in [1.807, 2.05) is 48.5 Å². The van der Waals surface area contributed by atoms with Gasteiger partial charge in [0, 0.05) is 5.69 Å². The van der Waals surface area contributed by atoms with Gasteiger partial charge in [-0.3, -0.25) is 4.79 Å². The summed E-state index contributed by atoms with van der Waals surface area (Å²) in [6, 6.07) is 15.0. The lowest BCUT2D eigenvalue weighted by Crippen LogP contribution is -2.22. The van der Waals surface area contributed by atoms with Gasteiger partial charge < -0.3 is 20.1 Å². The van der Waals surface area contributed by atoms with Gasteiger partial charge in [-0.25, -0.2) is 0 Å². The minimum atomic E-state index is -0.121. The van der Waals surface area contributed by atoms with E-state index >= 15 is 0 Å². The fourth-order valence-corrected chi connectivity index (χ4v) is 2.27. The van der Waals surface area contributed by atoms with E-state index in [1.54, 1.807) is 0 Å². The summed E-state index contributed by atoms with van der Waals surface area (Å²) >= 11 is 0. The number of amides is 1. The van der Waals surface area contributed by atoms with Crippen molar-refractivity contribution in [3.05, 3.63) is 48.5 Å². The minimum absolute atomic E-state index is 0.121. The van der Waals surface area contributed by atoms with E-state index in [0.717, 1.165) is 22.9 Å². The van der Waals surface area contributed by atoms with Crippen LogP contribution < -0.4 is 20.1 Å². The molecule has 0 aliphatic heterocycles. The van der Waals surface area contributed by atoms with Gasteiger partial charge in [0.1, 0.15) is 11.5 Å². The predicted octanol–water partition coefficient (Wildman–Crippen LogP) is 4.81. The standard InChI is InChI=1S/C22H30N2O3/c1-16(2)14-26-19-11-9-18(10-12-19)24-22(25)13-23-20-7-5-6-8-21(20)27-15-17(3)4/h5-12,16-17,23H,13-15H2,1-4H3,(H,24,25). The Hall–Kier alpha value is -2.69. The van der Waals surface area contributed by atoms with Gasteiger partial charge in [-0.05, 0) is 48.2 Å². The second-order valence-corrected chi connectivity index (χ2v) is 7.33. The summed E-state index contributed by atoms with van der Waals surface area (Å²) in [6.07, 6.45) is 0. The molecule has 0 fully saturated rings. The van der Waals surface area contributed by atoms with Crippen molar-refractivity contribution in [2.24, 2.45) is 11.8 Å². The van der Waals surface area contributed by atoms with Crippen molar-refractivity contribution >= 4 is 17.3 Å². The van der Waals surface area contributed by atoms with Crippen molar-refractivity contribution in [1.29, 1.82) is 0 Å². The van der Waals surface area contributed by atoms with E-state index in [2.05, 4.69) is 38.3 Å². The van der Waals surface area contributed by atoms with Crippen LogP contribution in [0.3, 0.4) is 0 Å². The maximum Gasteiger partial charge on any atom is 0.243 e. The van der Waals surface area contributed by atoms with E-state index < -0.39 is 0 Å². The Bertz CT molecular complexity index is 712. The lowest BCUT2D eigenvalue weighted by Gasteiger charge is -2.14. The highest BCUT2D eigenvalue weighted by Gasteiger charge is 2.07. The van der Waals surface area contributed by atoms with Crippen LogP contribution in [0.4, 0.5) is 11.4 Å². The van der Waals surface area contributed by atoms with Crippen LogP contribution in [0, 0.1) is 11.8 Å². The first-order valence-electron chi connectivity index (χ1n) is 9.42. The highest BCUT2D eigenvalue weighted by Crippen LogP contribution is 2.24. The van der Waals surface area contributed by atoms with Crippen molar-refractivity contribution in [3.63, 3.8) is 0 Å². The van der Waals surface area contributed by atoms with Gasteiger partial charge in [0.2, 0.25) is 5.91 Å². The molecule has 0 bridgehead atoms. The molecule has 0 atom stereocenters. The van der Waals surface area contributed by atoms with Gasteiger partial charge in [0.25, 0.3) is 0 Å². The zero-order chi connectivity index (χ0) is 19.6. The molecule has 2 aromatic carbocycles. The molecular formula is C22H30N2O3. The van der Waals surface area contributed by atoms with Gasteiger partial charge in [-0.2, -0.15) is 0 Å². The lowest BCUT2D eigenvalue weighted by molar-refractivity contribution is -0.114. The molecule has 5 nitrogen and oxygen atoms in total. The zero-order valence-electron chi connectivity index (χ0n) is 16.6. The molecule has 2 rings (SSSR count). The first-order chi connectivity index (χ1) is 12.9. The molecule has 0 aliphatic carbocycles. The zero-order valence-corrected chi connectivity index (χ0v) is 16.6. The molecule has 0 spiro atoms. The topological polar surface area (TPSA) is 59.6 Å². The van der Waals surface area contributed by atoms with Crippen LogP contribution in [0.15, 0.2) is 48.5 Å². The highest BCUT2D eigenvalue weighted by atomic mass is 16.5. The normalized spacial score (nSPS) is 10.7. The number of nitrogens with one attached hydrogen (secondary N) is 2. The third kappa shape index (κ3) is 7.60. The summed E-state index contributed by atoms with van der Waals surface area (Å²) in [5.74, 6) is 2.35. The molecule has 0 heterocycles. The third-order valence-electron chi connectivity index (χ3n) is 3.62. The Balaban J connectivity index is 1.84. The molecule has 27 heavy (non-hydrogen) atoms. The van der Waals surface area contributed by atoms with Gasteiger partial charge in [0.05, 0.1) is 25.4 Å². The molecular weight excluding hydrogens is 340 g/mol. The van der Waals surface area contributed by atoms with Crippen LogP contribution in [0.2, 0.25) is 0 Å². The molecule has 1 amide bonds. The average Bonchev–Trinajstić information content (AvgIpc) is 2.64. The molecule has 0 saturated heterocycles. The predicted molar refractivity (Wildman–Crippen MR) is 111 cm³/mol. The van der Waals surface area contributed by atoms with E-state index in [9.17, 15) is 4.79 Å². The summed E-state index contributed by atoms with van der Waals surface area (Å²) < 4.78 is 11.4. The number of hydrogen-bond donors (Lipinski definition) is 2. The molecule has 2 aromatic rings. The van der Waals surface area contributed by atoms with Crippen molar-refractivity contribution in [2.75, 3.05) is 30.4 Å². The van der Waals surface area contributed by atoms with Crippen molar-refractivity contribution in [1.82, 2.24) is 0 Å². The Morgan fingerprint density at radius 3 is 2.19 bits per heavy atom. The number of hydrogen-bond acceptors (Lipinski definition) is 4. The smallest absolute Gasteiger partial charge is 0.243 e. The molecule has 0 unspecified atom stereocenters. The largest absolute Gasteiger partial charge is 0.493 e. The second kappa shape index (κ2) is 10.5. The van der Waals surface area contributed by atoms with Crippen molar-refractivity contribution in [2.45, 2.75) is 27.7 Å². The van der Waals surface area contributed by atoms with Crippen LogP contribution in [0.25, 0.3) is 0 Å². The Morgan fingerprint density at radius 2 is 1.52 bits per heavy atom. The van der Waals surface area contributed by atoms with Crippen LogP contribution in [-0.4, -0.2) is 25.7 Å². The Labute approximate surface area is 162 Å². The second-order valence-electron chi connectivity index (χ2n) is 7.33. The number of carbonyl (C=O) groups excluding carboxylic acids is 1.